The van der Waals surface area contributed by atoms with Crippen molar-refractivity contribution in [2.75, 3.05) is 19.6 Å². The predicted molar refractivity (Wildman–Crippen MR) is 62.3 cm³/mol. The van der Waals surface area contributed by atoms with Gasteiger partial charge in [-0.2, -0.15) is 0 Å². The van der Waals surface area contributed by atoms with E-state index in [1.165, 1.54) is 32.2 Å². The number of hydrogen-bond donors (Lipinski definition) is 1. The van der Waals surface area contributed by atoms with Gasteiger partial charge in [0.15, 0.2) is 0 Å². The summed E-state index contributed by atoms with van der Waals surface area (Å²) in [6.07, 6.45) is 5.64. The maximum absolute atomic E-state index is 5.78. The monoisotopic (exact) mass is 198 g/mol. The van der Waals surface area contributed by atoms with Gasteiger partial charge in [0.05, 0.1) is 0 Å². The van der Waals surface area contributed by atoms with Gasteiger partial charge in [0.1, 0.15) is 0 Å². The molecule has 0 heterocycles. The first kappa shape index (κ1) is 12.0. The zero-order valence-corrected chi connectivity index (χ0v) is 10.1. The Bertz CT molecular complexity index is 160. The average molecular weight is 198 g/mol. The maximum atomic E-state index is 5.78. The molecule has 0 aromatic carbocycles. The Morgan fingerprint density at radius 1 is 1.29 bits per heavy atom. The van der Waals surface area contributed by atoms with Gasteiger partial charge in [0, 0.05) is 12.6 Å². The van der Waals surface area contributed by atoms with Gasteiger partial charge in [-0.25, -0.2) is 0 Å². The molecule has 2 heteroatoms. The van der Waals surface area contributed by atoms with Crippen LogP contribution in [0.1, 0.15) is 46.5 Å². The number of nitrogens with two attached hydrogens (primary N) is 1. The van der Waals surface area contributed by atoms with E-state index in [0.29, 0.717) is 0 Å². The van der Waals surface area contributed by atoms with Crippen LogP contribution in [0.4, 0.5) is 0 Å². The van der Waals surface area contributed by atoms with Crippen LogP contribution in [-0.2, 0) is 0 Å². The topological polar surface area (TPSA) is 29.3 Å². The Kier molecular flexibility index (Phi) is 4.39. The van der Waals surface area contributed by atoms with Gasteiger partial charge in [-0.1, -0.05) is 33.6 Å². The summed E-state index contributed by atoms with van der Waals surface area (Å²) in [5.41, 5.74) is 6.06. The molecule has 0 aliphatic heterocycles. The molecule has 0 bridgehead atoms. The Hall–Kier alpha value is -0.0800. The molecule has 0 saturated heterocycles. The van der Waals surface area contributed by atoms with Crippen LogP contribution in [0.5, 0.6) is 0 Å². The summed E-state index contributed by atoms with van der Waals surface area (Å²) in [6.45, 7) is 9.93. The first-order valence-corrected chi connectivity index (χ1v) is 6.03. The standard InChI is InChI=1S/C12H26N2/c1-4-14(10-12(2,3)9-13)11-7-5-6-8-11/h11H,4-10,13H2,1-3H3. The summed E-state index contributed by atoms with van der Waals surface area (Å²) < 4.78 is 0. The van der Waals surface area contributed by atoms with Gasteiger partial charge in [0.2, 0.25) is 0 Å². The maximum Gasteiger partial charge on any atom is 0.00953 e. The highest BCUT2D eigenvalue weighted by molar-refractivity contribution is 4.82. The summed E-state index contributed by atoms with van der Waals surface area (Å²) >= 11 is 0. The molecular formula is C12H26N2. The van der Waals surface area contributed by atoms with Gasteiger partial charge in [0.25, 0.3) is 0 Å². The highest BCUT2D eigenvalue weighted by Crippen LogP contribution is 2.26. The normalized spacial score (nSPS) is 19.5. The van der Waals surface area contributed by atoms with Gasteiger partial charge in [-0.15, -0.1) is 0 Å². The molecule has 0 aromatic rings. The molecule has 1 aliphatic rings. The smallest absolute Gasteiger partial charge is 0.00953 e. The molecule has 0 unspecified atom stereocenters. The quantitative estimate of drug-likeness (QED) is 0.734. The lowest BCUT2D eigenvalue weighted by Crippen LogP contribution is -2.43. The fourth-order valence-electron chi connectivity index (χ4n) is 2.38. The third kappa shape index (κ3) is 3.25. The van der Waals surface area contributed by atoms with Gasteiger partial charge in [-0.05, 0) is 31.3 Å². The number of rotatable bonds is 5. The van der Waals surface area contributed by atoms with E-state index in [2.05, 4.69) is 25.7 Å². The van der Waals surface area contributed by atoms with E-state index in [1.54, 1.807) is 0 Å². The molecule has 0 amide bonds. The molecule has 0 spiro atoms. The average Bonchev–Trinajstić information content (AvgIpc) is 2.67. The van der Waals surface area contributed by atoms with Crippen molar-refractivity contribution in [3.63, 3.8) is 0 Å². The number of nitrogens with zero attached hydrogens (tertiary/aromatic N) is 1. The number of hydrogen-bond acceptors (Lipinski definition) is 2. The first-order chi connectivity index (χ1) is 6.59. The van der Waals surface area contributed by atoms with Crippen LogP contribution in [0.15, 0.2) is 0 Å². The molecule has 2 nitrogen and oxygen atoms in total. The minimum Gasteiger partial charge on any atom is -0.330 e. The minimum absolute atomic E-state index is 0.276. The zero-order valence-electron chi connectivity index (χ0n) is 10.1. The van der Waals surface area contributed by atoms with E-state index in [4.69, 9.17) is 5.73 Å². The SMILES string of the molecule is CCN(CC(C)(C)CN)C1CCCC1. The second-order valence-electron chi connectivity index (χ2n) is 5.37. The summed E-state index contributed by atoms with van der Waals surface area (Å²) in [5.74, 6) is 0. The third-order valence-electron chi connectivity index (χ3n) is 3.43. The second-order valence-corrected chi connectivity index (χ2v) is 5.37. The highest BCUT2D eigenvalue weighted by Gasteiger charge is 2.26. The lowest BCUT2D eigenvalue weighted by molar-refractivity contribution is 0.141. The molecule has 1 fully saturated rings. The molecule has 0 atom stereocenters. The summed E-state index contributed by atoms with van der Waals surface area (Å²) in [6, 6.07) is 0.839. The van der Waals surface area contributed by atoms with Gasteiger partial charge in [-0.3, -0.25) is 0 Å². The van der Waals surface area contributed by atoms with Crippen molar-refractivity contribution in [1.82, 2.24) is 4.90 Å². The van der Waals surface area contributed by atoms with E-state index in [1.807, 2.05) is 0 Å². The molecule has 14 heavy (non-hydrogen) atoms. The Morgan fingerprint density at radius 3 is 2.29 bits per heavy atom. The van der Waals surface area contributed by atoms with Crippen LogP contribution in [0.3, 0.4) is 0 Å². The predicted octanol–water partition coefficient (Wildman–Crippen LogP) is 2.24. The van der Waals surface area contributed by atoms with E-state index >= 15 is 0 Å². The molecule has 0 radical (unpaired) electrons. The van der Waals surface area contributed by atoms with Crippen molar-refractivity contribution in [2.45, 2.75) is 52.5 Å². The van der Waals surface area contributed by atoms with Crippen molar-refractivity contribution < 1.29 is 0 Å². The van der Waals surface area contributed by atoms with Crippen LogP contribution >= 0.6 is 0 Å². The Balaban J connectivity index is 2.45. The second kappa shape index (κ2) is 5.13. The fraction of sp³-hybridized carbons (Fsp3) is 1.00. The summed E-state index contributed by atoms with van der Waals surface area (Å²) in [5, 5.41) is 0. The zero-order chi connectivity index (χ0) is 10.6. The lowest BCUT2D eigenvalue weighted by atomic mass is 9.92. The van der Waals surface area contributed by atoms with Gasteiger partial charge >= 0.3 is 0 Å². The van der Waals surface area contributed by atoms with Gasteiger partial charge < -0.3 is 10.6 Å². The lowest BCUT2D eigenvalue weighted by Gasteiger charge is -2.35. The molecule has 1 rings (SSSR count). The van der Waals surface area contributed by atoms with E-state index in [0.717, 1.165) is 19.1 Å². The van der Waals surface area contributed by atoms with Crippen LogP contribution in [-0.4, -0.2) is 30.6 Å². The molecule has 1 saturated carbocycles. The van der Waals surface area contributed by atoms with Crippen molar-refractivity contribution >= 4 is 0 Å². The molecule has 0 aromatic heterocycles. The van der Waals surface area contributed by atoms with Crippen molar-refractivity contribution in [3.05, 3.63) is 0 Å². The summed E-state index contributed by atoms with van der Waals surface area (Å²) in [7, 11) is 0. The molecule has 2 N–H and O–H groups in total. The van der Waals surface area contributed by atoms with Crippen molar-refractivity contribution in [3.8, 4) is 0 Å². The van der Waals surface area contributed by atoms with E-state index in [9.17, 15) is 0 Å². The largest absolute Gasteiger partial charge is 0.330 e. The van der Waals surface area contributed by atoms with Crippen LogP contribution < -0.4 is 5.73 Å². The molecular weight excluding hydrogens is 172 g/mol. The first-order valence-electron chi connectivity index (χ1n) is 6.03. The van der Waals surface area contributed by atoms with Crippen molar-refractivity contribution in [1.29, 1.82) is 0 Å². The highest BCUT2D eigenvalue weighted by atomic mass is 15.2. The Morgan fingerprint density at radius 2 is 1.86 bits per heavy atom. The van der Waals surface area contributed by atoms with Crippen LogP contribution in [0.25, 0.3) is 0 Å². The van der Waals surface area contributed by atoms with Crippen LogP contribution in [0.2, 0.25) is 0 Å². The van der Waals surface area contributed by atoms with E-state index < -0.39 is 0 Å². The third-order valence-corrected chi connectivity index (χ3v) is 3.43. The molecule has 1 aliphatic carbocycles. The minimum atomic E-state index is 0.276. The Labute approximate surface area is 88.8 Å². The molecule has 84 valence electrons. The fourth-order valence-corrected chi connectivity index (χ4v) is 2.38. The summed E-state index contributed by atoms with van der Waals surface area (Å²) in [4.78, 5) is 2.62. The van der Waals surface area contributed by atoms with Crippen LogP contribution in [0, 0.1) is 5.41 Å². The van der Waals surface area contributed by atoms with E-state index in [-0.39, 0.29) is 5.41 Å². The van der Waals surface area contributed by atoms with Crippen molar-refractivity contribution in [2.24, 2.45) is 11.1 Å².